The Labute approximate surface area is 281 Å². The molecule has 2 aliphatic rings. The third-order valence-electron chi connectivity index (χ3n) is 7.94. The fourth-order valence-corrected chi connectivity index (χ4v) is 5.13. The van der Waals surface area contributed by atoms with E-state index in [1.807, 2.05) is 30.3 Å². The van der Waals surface area contributed by atoms with E-state index in [-0.39, 0.29) is 45.0 Å². The molecule has 0 radical (unpaired) electrons. The summed E-state index contributed by atoms with van der Waals surface area (Å²) in [6, 6.07) is 17.7. The van der Waals surface area contributed by atoms with Gasteiger partial charge in [0, 0.05) is 18.5 Å². The maximum atomic E-state index is 12.8. The van der Waals surface area contributed by atoms with Crippen LogP contribution in [-0.4, -0.2) is 65.3 Å². The zero-order valence-electron chi connectivity index (χ0n) is 27.7. The lowest BCUT2D eigenvalue weighted by atomic mass is 9.77. The van der Waals surface area contributed by atoms with Crippen molar-refractivity contribution in [3.8, 4) is 0 Å². The van der Waals surface area contributed by atoms with Gasteiger partial charge in [0.05, 0.1) is 0 Å². The van der Waals surface area contributed by atoms with Gasteiger partial charge in [0.25, 0.3) is 17.7 Å². The Balaban J connectivity index is 0.000000318. The van der Waals surface area contributed by atoms with Gasteiger partial charge in [0.15, 0.2) is 0 Å². The first-order chi connectivity index (χ1) is 23.0. The molecule has 4 rings (SSSR count). The van der Waals surface area contributed by atoms with E-state index in [0.717, 1.165) is 15.5 Å². The highest BCUT2D eigenvalue weighted by atomic mass is 16.7. The Morgan fingerprint density at radius 3 is 1.96 bits per heavy atom. The Morgan fingerprint density at radius 1 is 0.833 bits per heavy atom. The number of carbonyl (C=O) groups is 6. The van der Waals surface area contributed by atoms with Crippen LogP contribution in [0.25, 0.3) is 0 Å². The van der Waals surface area contributed by atoms with Gasteiger partial charge in [-0.1, -0.05) is 80.8 Å². The van der Waals surface area contributed by atoms with Crippen molar-refractivity contribution < 1.29 is 43.1 Å². The highest BCUT2D eigenvalue weighted by Gasteiger charge is 2.53. The summed E-state index contributed by atoms with van der Waals surface area (Å²) >= 11 is 0. The number of imide groups is 2. The highest BCUT2D eigenvalue weighted by Crippen LogP contribution is 2.37. The summed E-state index contributed by atoms with van der Waals surface area (Å²) in [5.74, 6) is -3.24. The summed E-state index contributed by atoms with van der Waals surface area (Å²) < 4.78 is 10.1. The molecule has 2 aromatic carbocycles. The number of hydrogen-bond donors (Lipinski definition) is 0. The second-order valence-electron chi connectivity index (χ2n) is 11.0. The molecule has 2 unspecified atom stereocenters. The first-order valence-electron chi connectivity index (χ1n) is 15.6. The Morgan fingerprint density at radius 2 is 1.40 bits per heavy atom. The van der Waals surface area contributed by atoms with Crippen molar-refractivity contribution in [2.75, 3.05) is 19.8 Å². The predicted octanol–water partition coefficient (Wildman–Crippen LogP) is 5.38. The fraction of sp³-hybridized carbons (Fsp3) is 0.351. The van der Waals surface area contributed by atoms with Crippen LogP contribution in [0.5, 0.6) is 0 Å². The van der Waals surface area contributed by atoms with Gasteiger partial charge in [-0.3, -0.25) is 38.5 Å². The number of amides is 4. The van der Waals surface area contributed by atoms with E-state index in [9.17, 15) is 28.8 Å². The van der Waals surface area contributed by atoms with Gasteiger partial charge in [0.2, 0.25) is 5.91 Å². The van der Waals surface area contributed by atoms with Gasteiger partial charge in [-0.2, -0.15) is 5.06 Å². The lowest BCUT2D eigenvalue weighted by Gasteiger charge is -2.36. The van der Waals surface area contributed by atoms with Crippen LogP contribution < -0.4 is 0 Å². The molecule has 2 aliphatic heterocycles. The van der Waals surface area contributed by atoms with Crippen LogP contribution in [0.2, 0.25) is 0 Å². The van der Waals surface area contributed by atoms with E-state index >= 15 is 0 Å². The quantitative estimate of drug-likeness (QED) is 0.135. The molecule has 4 amide bonds. The first kappa shape index (κ1) is 39.0. The van der Waals surface area contributed by atoms with Crippen molar-refractivity contribution in [3.05, 3.63) is 110 Å². The third kappa shape index (κ3) is 9.22. The molecule has 2 fully saturated rings. The molecule has 0 N–H and O–H groups in total. The molecule has 48 heavy (non-hydrogen) atoms. The largest absolute Gasteiger partial charge is 0.461 e. The minimum Gasteiger partial charge on any atom is -0.461 e. The molecule has 2 saturated heterocycles. The van der Waals surface area contributed by atoms with Gasteiger partial charge in [-0.25, -0.2) is 0 Å². The molecule has 2 heterocycles. The zero-order chi connectivity index (χ0) is 35.7. The van der Waals surface area contributed by atoms with E-state index < -0.39 is 40.5 Å². The summed E-state index contributed by atoms with van der Waals surface area (Å²) in [6.45, 7) is 16.7. The maximum Gasteiger partial charge on any atom is 0.322 e. The fourth-order valence-electron chi connectivity index (χ4n) is 5.13. The monoisotopic (exact) mass is 660 g/mol. The van der Waals surface area contributed by atoms with Crippen LogP contribution in [0.15, 0.2) is 99.1 Å². The van der Waals surface area contributed by atoms with Crippen LogP contribution in [-0.2, 0) is 44.9 Å². The van der Waals surface area contributed by atoms with Crippen LogP contribution in [0.4, 0.5) is 0 Å². The summed E-state index contributed by atoms with van der Waals surface area (Å²) in [5.41, 5.74) is -1.45. The number of rotatable bonds is 11. The van der Waals surface area contributed by atoms with Crippen molar-refractivity contribution in [1.29, 1.82) is 0 Å². The first-order valence-corrected chi connectivity index (χ1v) is 15.6. The third-order valence-corrected chi connectivity index (χ3v) is 7.94. The average molecular weight is 661 g/mol. The van der Waals surface area contributed by atoms with E-state index in [1.54, 1.807) is 37.3 Å². The van der Waals surface area contributed by atoms with Crippen LogP contribution >= 0.6 is 0 Å². The molecule has 0 aliphatic carbocycles. The second-order valence-corrected chi connectivity index (χ2v) is 11.0. The van der Waals surface area contributed by atoms with E-state index in [1.165, 1.54) is 19.1 Å². The van der Waals surface area contributed by atoms with Crippen LogP contribution in [0.3, 0.4) is 0 Å². The van der Waals surface area contributed by atoms with Crippen LogP contribution in [0.1, 0.15) is 61.9 Å². The normalized spacial score (nSPS) is 20.2. The Kier molecular flexibility index (Phi) is 15.3. The number of carbonyl (C=O) groups excluding carboxylic acids is 6. The van der Waals surface area contributed by atoms with Crippen molar-refractivity contribution in [2.45, 2.75) is 52.6 Å². The van der Waals surface area contributed by atoms with Crippen molar-refractivity contribution in [2.24, 2.45) is 10.8 Å². The molecule has 0 bridgehead atoms. The minimum absolute atomic E-state index is 0.0205. The molecule has 11 nitrogen and oxygen atoms in total. The SMILES string of the molecule is C=C.C=CCOC(=O)C1(C)CCCN(C(=O)c2ccccc2)C1=O.C=CCOC(=O)C1(CC)CCC(=O)N(OCc2ccccc2)C1=O. The molecule has 2 aromatic rings. The number of hydroxylamine groups is 2. The number of likely N-dealkylation sites (tertiary alicyclic amines) is 1. The van der Waals surface area contributed by atoms with E-state index in [2.05, 4.69) is 26.3 Å². The van der Waals surface area contributed by atoms with Crippen molar-refractivity contribution >= 4 is 35.6 Å². The molecule has 11 heteroatoms. The Hall–Kier alpha value is -5.16. The van der Waals surface area contributed by atoms with Crippen molar-refractivity contribution in [1.82, 2.24) is 9.96 Å². The average Bonchev–Trinajstić information content (AvgIpc) is 3.12. The smallest absolute Gasteiger partial charge is 0.322 e. The molecule has 0 spiro atoms. The predicted molar refractivity (Wildman–Crippen MR) is 178 cm³/mol. The molecular formula is C37H44N2O9. The molecule has 256 valence electrons. The van der Waals surface area contributed by atoms with E-state index in [4.69, 9.17) is 14.3 Å². The van der Waals surface area contributed by atoms with E-state index in [0.29, 0.717) is 24.9 Å². The summed E-state index contributed by atoms with van der Waals surface area (Å²) in [6.07, 6.45) is 4.25. The van der Waals surface area contributed by atoms with Gasteiger partial charge in [-0.05, 0) is 50.3 Å². The minimum atomic E-state index is -1.38. The second kappa shape index (κ2) is 18.9. The standard InChI is InChI=1S/C18H21NO5.C17H19NO4.C2H4/c1-3-12-23-17(22)18(4-2)11-10-15(20)19(16(18)21)24-13-14-8-6-5-7-9-14;1-3-12-22-16(21)17(2)10-7-11-18(15(17)20)14(19)13-8-5-4-6-9-13;1-2/h3,5-9H,1,4,10-13H2,2H3;3-6,8-9H,1,7,10-12H2,2H3;1-2H2. The van der Waals surface area contributed by atoms with Crippen molar-refractivity contribution in [3.63, 3.8) is 0 Å². The number of nitrogens with zero attached hydrogens (tertiary/aromatic N) is 2. The van der Waals surface area contributed by atoms with Gasteiger partial charge < -0.3 is 9.47 Å². The number of ether oxygens (including phenoxy) is 2. The molecule has 2 atom stereocenters. The van der Waals surface area contributed by atoms with Gasteiger partial charge in [0.1, 0.15) is 30.7 Å². The maximum absolute atomic E-state index is 12.8. The van der Waals surface area contributed by atoms with Crippen LogP contribution in [0, 0.1) is 10.8 Å². The molecular weight excluding hydrogens is 616 g/mol. The Bertz CT molecular complexity index is 1460. The summed E-state index contributed by atoms with van der Waals surface area (Å²) in [5, 5.41) is 0.717. The number of piperidine rings is 2. The highest BCUT2D eigenvalue weighted by molar-refractivity contribution is 6.12. The lowest BCUT2D eigenvalue weighted by molar-refractivity contribution is -0.215. The number of hydrogen-bond acceptors (Lipinski definition) is 9. The topological polar surface area (TPSA) is 137 Å². The van der Waals surface area contributed by atoms with Gasteiger partial charge in [-0.15, -0.1) is 13.2 Å². The number of benzene rings is 2. The summed E-state index contributed by atoms with van der Waals surface area (Å²) in [7, 11) is 0. The summed E-state index contributed by atoms with van der Waals surface area (Å²) in [4.78, 5) is 81.0. The zero-order valence-corrected chi connectivity index (χ0v) is 27.7. The number of esters is 2. The lowest BCUT2D eigenvalue weighted by Crippen LogP contribution is -2.55. The molecule has 0 saturated carbocycles. The van der Waals surface area contributed by atoms with Gasteiger partial charge >= 0.3 is 11.9 Å². The molecule has 0 aromatic heterocycles.